The van der Waals surface area contributed by atoms with Crippen molar-refractivity contribution in [3.8, 4) is 0 Å². The third-order valence-electron chi connectivity index (χ3n) is 2.10. The second-order valence-corrected chi connectivity index (χ2v) is 3.08. The highest BCUT2D eigenvalue weighted by molar-refractivity contribution is 6.02. The summed E-state index contributed by atoms with van der Waals surface area (Å²) in [5, 5.41) is 6.90. The summed E-state index contributed by atoms with van der Waals surface area (Å²) in [6.45, 7) is 8.00. The fraction of sp³-hybridized carbons (Fsp3) is 0.750. The van der Waals surface area contributed by atoms with Crippen LogP contribution in [0.2, 0.25) is 0 Å². The maximum Gasteiger partial charge on any atom is 0.432 e. The van der Waals surface area contributed by atoms with Crippen LogP contribution in [-0.2, 0) is 0 Å². The van der Waals surface area contributed by atoms with Crippen LogP contribution in [-0.4, -0.2) is 11.9 Å². The summed E-state index contributed by atoms with van der Waals surface area (Å²) in [6, 6.07) is 0. The smallest absolute Gasteiger partial charge is 0.402 e. The molecule has 17 heavy (non-hydrogen) atoms. The quantitative estimate of drug-likeness (QED) is 0.667. The predicted octanol–water partition coefficient (Wildman–Crippen LogP) is 4.41. The Morgan fingerprint density at radius 1 is 1.06 bits per heavy atom. The van der Waals surface area contributed by atoms with Gasteiger partial charge in [0, 0.05) is 11.3 Å². The van der Waals surface area contributed by atoms with Gasteiger partial charge in [-0.25, -0.2) is 0 Å². The first-order valence-electron chi connectivity index (χ1n) is 6.06. The van der Waals surface area contributed by atoms with E-state index < -0.39 is 11.9 Å². The molecule has 0 fully saturated rings. The van der Waals surface area contributed by atoms with Crippen LogP contribution < -0.4 is 5.73 Å². The number of nitrogens with two attached hydrogens (primary N) is 1. The monoisotopic (exact) mass is 252 g/mol. The molecule has 0 radical (unpaired) electrons. The number of halogens is 3. The van der Waals surface area contributed by atoms with Crippen molar-refractivity contribution < 1.29 is 13.2 Å². The highest BCUT2D eigenvalue weighted by Crippen LogP contribution is 2.29. The molecule has 2 nitrogen and oxygen atoms in total. The third kappa shape index (κ3) is 6.34. The Morgan fingerprint density at radius 2 is 1.47 bits per heavy atom. The Balaban J connectivity index is 0. The maximum absolute atomic E-state index is 12.1. The van der Waals surface area contributed by atoms with Crippen LogP contribution in [0.1, 0.15) is 53.4 Å². The van der Waals surface area contributed by atoms with E-state index in [1.807, 2.05) is 27.7 Å². The van der Waals surface area contributed by atoms with Crippen molar-refractivity contribution in [1.29, 1.82) is 5.41 Å². The number of rotatable bonds is 1. The lowest BCUT2D eigenvalue weighted by Gasteiger charge is -2.19. The minimum atomic E-state index is -4.56. The predicted molar refractivity (Wildman–Crippen MR) is 66.2 cm³/mol. The zero-order valence-electron chi connectivity index (χ0n) is 11.0. The van der Waals surface area contributed by atoms with Gasteiger partial charge in [0.1, 0.15) is 5.71 Å². The third-order valence-corrected chi connectivity index (χ3v) is 2.10. The molecule has 0 saturated heterocycles. The molecule has 0 aromatic carbocycles. The lowest BCUT2D eigenvalue weighted by Crippen LogP contribution is -2.27. The molecule has 1 rings (SSSR count). The van der Waals surface area contributed by atoms with Crippen molar-refractivity contribution in [1.82, 2.24) is 0 Å². The number of hydrogen-bond donors (Lipinski definition) is 2. The van der Waals surface area contributed by atoms with Crippen LogP contribution in [0.4, 0.5) is 13.2 Å². The van der Waals surface area contributed by atoms with E-state index in [0.29, 0.717) is 12.8 Å². The number of hydrogen-bond acceptors (Lipinski definition) is 2. The first-order chi connectivity index (χ1) is 7.93. The van der Waals surface area contributed by atoms with E-state index >= 15 is 0 Å². The Bertz CT molecular complexity index is 255. The van der Waals surface area contributed by atoms with Crippen LogP contribution in [0.25, 0.3) is 0 Å². The molecule has 1 aliphatic carbocycles. The van der Waals surface area contributed by atoms with Crippen molar-refractivity contribution in [2.75, 3.05) is 0 Å². The largest absolute Gasteiger partial charge is 0.432 e. The molecule has 0 saturated carbocycles. The lowest BCUT2D eigenvalue weighted by molar-refractivity contribution is -0.0592. The van der Waals surface area contributed by atoms with Gasteiger partial charge in [0.25, 0.3) is 0 Å². The number of nitrogens with one attached hydrogen (secondary N) is 1. The number of allylic oxidation sites excluding steroid dienone is 2. The van der Waals surface area contributed by atoms with Crippen molar-refractivity contribution in [2.45, 2.75) is 59.6 Å². The molecule has 0 atom stereocenters. The van der Waals surface area contributed by atoms with Gasteiger partial charge in [-0.15, -0.1) is 0 Å². The van der Waals surface area contributed by atoms with E-state index in [1.165, 1.54) is 0 Å². The number of alkyl halides is 3. The Morgan fingerprint density at radius 3 is 1.82 bits per heavy atom. The molecule has 0 aliphatic heterocycles. The first kappa shape index (κ1) is 18.4. The summed E-state index contributed by atoms with van der Waals surface area (Å²) in [5.41, 5.74) is 4.36. The van der Waals surface area contributed by atoms with E-state index in [1.54, 1.807) is 0 Å². The molecular formula is C12H23F3N2. The van der Waals surface area contributed by atoms with E-state index in [2.05, 4.69) is 0 Å². The maximum atomic E-state index is 12.1. The fourth-order valence-electron chi connectivity index (χ4n) is 1.39. The second kappa shape index (κ2) is 9.07. The normalized spacial score (nSPS) is 15.2. The van der Waals surface area contributed by atoms with Crippen molar-refractivity contribution >= 4 is 5.71 Å². The van der Waals surface area contributed by atoms with Gasteiger partial charge in [0.15, 0.2) is 0 Å². The Hall–Kier alpha value is -1.00. The summed E-state index contributed by atoms with van der Waals surface area (Å²) in [7, 11) is 0. The highest BCUT2D eigenvalue weighted by atomic mass is 19.4. The molecule has 0 unspecified atom stereocenters. The molecule has 0 aromatic rings. The van der Waals surface area contributed by atoms with E-state index in [9.17, 15) is 13.2 Å². The summed E-state index contributed by atoms with van der Waals surface area (Å²) >= 11 is 0. The molecular weight excluding hydrogens is 229 g/mol. The molecule has 0 spiro atoms. The van der Waals surface area contributed by atoms with Gasteiger partial charge >= 0.3 is 6.18 Å². The molecule has 102 valence electrons. The van der Waals surface area contributed by atoms with Gasteiger partial charge < -0.3 is 5.73 Å². The average molecular weight is 252 g/mol. The van der Waals surface area contributed by atoms with Gasteiger partial charge in [0.05, 0.1) is 0 Å². The van der Waals surface area contributed by atoms with Crippen LogP contribution in [0.15, 0.2) is 11.3 Å². The first-order valence-corrected chi connectivity index (χ1v) is 6.06. The van der Waals surface area contributed by atoms with Gasteiger partial charge in [-0.2, -0.15) is 13.2 Å². The van der Waals surface area contributed by atoms with Crippen LogP contribution in [0, 0.1) is 5.41 Å². The molecule has 3 N–H and O–H groups in total. The molecule has 1 aliphatic rings. The van der Waals surface area contributed by atoms with Crippen LogP contribution >= 0.6 is 0 Å². The summed E-state index contributed by atoms with van der Waals surface area (Å²) in [4.78, 5) is 0. The van der Waals surface area contributed by atoms with Gasteiger partial charge in [-0.05, 0) is 25.7 Å². The van der Waals surface area contributed by atoms with Crippen molar-refractivity contribution in [3.63, 3.8) is 0 Å². The molecule has 0 amide bonds. The summed E-state index contributed by atoms with van der Waals surface area (Å²) in [6.07, 6.45) is -2.29. The minimum absolute atomic E-state index is 0.0150. The average Bonchev–Trinajstić information content (AvgIpc) is 2.33. The van der Waals surface area contributed by atoms with Crippen LogP contribution in [0.3, 0.4) is 0 Å². The van der Waals surface area contributed by atoms with E-state index in [-0.39, 0.29) is 17.7 Å². The van der Waals surface area contributed by atoms with E-state index in [0.717, 1.165) is 6.42 Å². The zero-order valence-corrected chi connectivity index (χ0v) is 11.0. The second-order valence-electron chi connectivity index (χ2n) is 3.08. The molecule has 5 heteroatoms. The molecule has 0 heterocycles. The summed E-state index contributed by atoms with van der Waals surface area (Å²) < 4.78 is 36.3. The van der Waals surface area contributed by atoms with Gasteiger partial charge in [-0.1, -0.05) is 27.7 Å². The zero-order chi connectivity index (χ0) is 14.1. The lowest BCUT2D eigenvalue weighted by atomic mass is 9.93. The minimum Gasteiger partial charge on any atom is -0.402 e. The van der Waals surface area contributed by atoms with Crippen molar-refractivity contribution in [2.24, 2.45) is 5.73 Å². The SMILES string of the molecule is CC.CC.N=C(C1=C(N)CCCC1)C(F)(F)F. The topological polar surface area (TPSA) is 49.9 Å². The molecule has 0 aromatic heterocycles. The Labute approximate surface area is 102 Å². The molecule has 0 bridgehead atoms. The fourth-order valence-corrected chi connectivity index (χ4v) is 1.39. The summed E-state index contributed by atoms with van der Waals surface area (Å²) in [5.74, 6) is 0. The van der Waals surface area contributed by atoms with Crippen LogP contribution in [0.5, 0.6) is 0 Å². The van der Waals surface area contributed by atoms with Gasteiger partial charge in [0.2, 0.25) is 0 Å². The highest BCUT2D eigenvalue weighted by Gasteiger charge is 2.37. The Kier molecular flexibility index (Phi) is 9.80. The van der Waals surface area contributed by atoms with Crippen molar-refractivity contribution in [3.05, 3.63) is 11.3 Å². The van der Waals surface area contributed by atoms with Gasteiger partial charge in [-0.3, -0.25) is 5.41 Å². The van der Waals surface area contributed by atoms with E-state index in [4.69, 9.17) is 11.1 Å². The standard InChI is InChI=1S/C8H11F3N2.2C2H6/c9-8(10,11)7(13)5-3-1-2-4-6(5)12;2*1-2/h13H,1-4,12H2;2*1-2H3.